The number of aromatic nitrogens is 2. The van der Waals surface area contributed by atoms with Crippen LogP contribution in [0.25, 0.3) is 22.0 Å². The van der Waals surface area contributed by atoms with E-state index in [1.165, 1.54) is 17.9 Å². The lowest BCUT2D eigenvalue weighted by atomic mass is 10.1. The predicted molar refractivity (Wildman–Crippen MR) is 77.2 cm³/mol. The van der Waals surface area contributed by atoms with Crippen LogP contribution in [0.5, 0.6) is 0 Å². The average molecular weight is 266 g/mol. The first-order valence-corrected chi connectivity index (χ1v) is 6.36. The second-order valence-electron chi connectivity index (χ2n) is 4.56. The van der Waals surface area contributed by atoms with Gasteiger partial charge in [-0.15, -0.1) is 0 Å². The van der Waals surface area contributed by atoms with Crippen LogP contribution in [0.1, 0.15) is 5.82 Å². The fraction of sp³-hybridized carbons (Fsp3) is 0.125. The maximum absolute atomic E-state index is 11.2. The molecule has 3 rings (SSSR count). The molecule has 0 bridgehead atoms. The molecule has 0 radical (unpaired) electrons. The molecule has 0 aliphatic carbocycles. The maximum Gasteiger partial charge on any atom is 0.313 e. The Labute approximate surface area is 116 Å². The third kappa shape index (κ3) is 2.40. The summed E-state index contributed by atoms with van der Waals surface area (Å²) in [6, 6.07) is 14.4. The number of fused-ring (bicyclic) bond motifs is 1. The number of imidazole rings is 1. The molecule has 3 aromatic rings. The number of rotatable bonds is 3. The normalized spacial score (nSPS) is 10.7. The molecule has 0 aliphatic heterocycles. The maximum atomic E-state index is 11.2. The van der Waals surface area contributed by atoms with Crippen LogP contribution in [0.4, 0.5) is 0 Å². The summed E-state index contributed by atoms with van der Waals surface area (Å²) in [5.74, 6) is 0.310. The molecule has 0 spiro atoms. The molecule has 1 aromatic heterocycles. The molecule has 1 N–H and O–H groups in total. The van der Waals surface area contributed by atoms with Gasteiger partial charge in [0.1, 0.15) is 12.2 Å². The molecule has 100 valence electrons. The highest BCUT2D eigenvalue weighted by Gasteiger charge is 2.08. The molecular weight excluding hydrogens is 252 g/mol. The van der Waals surface area contributed by atoms with E-state index >= 15 is 0 Å². The quantitative estimate of drug-likeness (QED) is 0.741. The van der Waals surface area contributed by atoms with E-state index in [-0.39, 0.29) is 12.4 Å². The number of methoxy groups -OCH3 is 1. The fourth-order valence-corrected chi connectivity index (χ4v) is 2.16. The van der Waals surface area contributed by atoms with Crippen LogP contribution in [-0.2, 0) is 16.0 Å². The molecule has 0 amide bonds. The zero-order chi connectivity index (χ0) is 13.9. The van der Waals surface area contributed by atoms with Crippen molar-refractivity contribution in [2.24, 2.45) is 0 Å². The Morgan fingerprint density at radius 2 is 2.00 bits per heavy atom. The van der Waals surface area contributed by atoms with E-state index < -0.39 is 0 Å². The van der Waals surface area contributed by atoms with Gasteiger partial charge in [-0.05, 0) is 16.8 Å². The monoisotopic (exact) mass is 266 g/mol. The molecule has 20 heavy (non-hydrogen) atoms. The smallest absolute Gasteiger partial charge is 0.313 e. The van der Waals surface area contributed by atoms with Crippen LogP contribution in [0.15, 0.2) is 48.7 Å². The lowest BCUT2D eigenvalue weighted by molar-refractivity contribution is -0.139. The van der Waals surface area contributed by atoms with E-state index in [0.717, 1.165) is 11.3 Å². The molecule has 0 saturated carbocycles. The molecule has 1 heterocycles. The zero-order valence-electron chi connectivity index (χ0n) is 11.1. The minimum Gasteiger partial charge on any atom is -0.469 e. The van der Waals surface area contributed by atoms with Gasteiger partial charge < -0.3 is 9.72 Å². The molecule has 0 unspecified atom stereocenters. The van der Waals surface area contributed by atoms with Crippen molar-refractivity contribution >= 4 is 16.7 Å². The Bertz CT molecular complexity index is 762. The Kier molecular flexibility index (Phi) is 3.21. The highest BCUT2D eigenvalue weighted by Crippen LogP contribution is 2.23. The van der Waals surface area contributed by atoms with Crippen molar-refractivity contribution in [3.8, 4) is 11.3 Å². The number of nitrogens with one attached hydrogen (secondary N) is 1. The summed E-state index contributed by atoms with van der Waals surface area (Å²) < 4.78 is 4.63. The lowest BCUT2D eigenvalue weighted by Crippen LogP contribution is -2.05. The molecule has 0 fully saturated rings. The summed E-state index contributed by atoms with van der Waals surface area (Å²) in [4.78, 5) is 18.6. The topological polar surface area (TPSA) is 55.0 Å². The van der Waals surface area contributed by atoms with Gasteiger partial charge >= 0.3 is 5.97 Å². The molecule has 0 saturated heterocycles. The Morgan fingerprint density at radius 1 is 1.20 bits per heavy atom. The number of hydrogen-bond donors (Lipinski definition) is 1. The van der Waals surface area contributed by atoms with Gasteiger partial charge in [-0.3, -0.25) is 4.79 Å². The molecular formula is C16H14N2O2. The van der Waals surface area contributed by atoms with Gasteiger partial charge in [0, 0.05) is 5.56 Å². The van der Waals surface area contributed by atoms with Crippen LogP contribution in [0.3, 0.4) is 0 Å². The third-order valence-electron chi connectivity index (χ3n) is 3.23. The van der Waals surface area contributed by atoms with E-state index in [4.69, 9.17) is 0 Å². The first-order valence-electron chi connectivity index (χ1n) is 6.36. The number of nitrogens with zero attached hydrogens (tertiary/aromatic N) is 1. The summed E-state index contributed by atoms with van der Waals surface area (Å²) in [6.45, 7) is 0. The summed E-state index contributed by atoms with van der Waals surface area (Å²) in [5, 5.41) is 2.37. The van der Waals surface area contributed by atoms with E-state index in [9.17, 15) is 4.79 Å². The van der Waals surface area contributed by atoms with E-state index in [0.29, 0.717) is 5.82 Å². The van der Waals surface area contributed by atoms with Crippen LogP contribution in [0, 0.1) is 0 Å². The molecule has 0 aliphatic rings. The predicted octanol–water partition coefficient (Wildman–Crippen LogP) is 2.95. The third-order valence-corrected chi connectivity index (χ3v) is 3.23. The van der Waals surface area contributed by atoms with Gasteiger partial charge in [-0.25, -0.2) is 4.98 Å². The van der Waals surface area contributed by atoms with E-state index in [1.807, 2.05) is 18.2 Å². The number of H-pyrrole nitrogens is 1. The van der Waals surface area contributed by atoms with Gasteiger partial charge in [-0.2, -0.15) is 0 Å². The van der Waals surface area contributed by atoms with Crippen molar-refractivity contribution < 1.29 is 9.53 Å². The number of esters is 1. The average Bonchev–Trinajstić information content (AvgIpc) is 2.95. The van der Waals surface area contributed by atoms with Crippen molar-refractivity contribution in [1.29, 1.82) is 0 Å². The number of benzene rings is 2. The number of ether oxygens (including phenoxy) is 1. The Morgan fingerprint density at radius 3 is 2.80 bits per heavy atom. The molecule has 4 heteroatoms. The molecule has 4 nitrogen and oxygen atoms in total. The van der Waals surface area contributed by atoms with Crippen LogP contribution in [0.2, 0.25) is 0 Å². The van der Waals surface area contributed by atoms with Crippen molar-refractivity contribution in [3.63, 3.8) is 0 Å². The number of carbonyl (C=O) groups excluding carboxylic acids is 1. The fourth-order valence-electron chi connectivity index (χ4n) is 2.16. The van der Waals surface area contributed by atoms with E-state index in [2.05, 4.69) is 39.0 Å². The van der Waals surface area contributed by atoms with E-state index in [1.54, 1.807) is 6.20 Å². The summed E-state index contributed by atoms with van der Waals surface area (Å²) in [7, 11) is 1.37. The first-order chi connectivity index (χ1) is 9.76. The Hall–Kier alpha value is -2.62. The van der Waals surface area contributed by atoms with Gasteiger partial charge in [0.2, 0.25) is 0 Å². The van der Waals surface area contributed by atoms with Crippen molar-refractivity contribution in [3.05, 3.63) is 54.5 Å². The van der Waals surface area contributed by atoms with Crippen molar-refractivity contribution in [2.45, 2.75) is 6.42 Å². The lowest BCUT2D eigenvalue weighted by Gasteiger charge is -2.01. The van der Waals surface area contributed by atoms with Crippen LogP contribution in [-0.4, -0.2) is 23.0 Å². The number of hydrogen-bond acceptors (Lipinski definition) is 3. The molecule has 0 atom stereocenters. The second-order valence-corrected chi connectivity index (χ2v) is 4.56. The Balaban J connectivity index is 1.92. The summed E-state index contributed by atoms with van der Waals surface area (Å²) >= 11 is 0. The van der Waals surface area contributed by atoms with Crippen molar-refractivity contribution in [2.75, 3.05) is 7.11 Å². The highest BCUT2D eigenvalue weighted by atomic mass is 16.5. The minimum atomic E-state index is -0.301. The van der Waals surface area contributed by atoms with Crippen molar-refractivity contribution in [1.82, 2.24) is 9.97 Å². The highest BCUT2D eigenvalue weighted by molar-refractivity contribution is 5.86. The van der Waals surface area contributed by atoms with Crippen LogP contribution < -0.4 is 0 Å². The van der Waals surface area contributed by atoms with Gasteiger partial charge in [0.05, 0.1) is 19.0 Å². The minimum absolute atomic E-state index is 0.157. The second kappa shape index (κ2) is 5.17. The molecule has 2 aromatic carbocycles. The number of carbonyl (C=O) groups is 1. The largest absolute Gasteiger partial charge is 0.469 e. The number of aromatic amines is 1. The van der Waals surface area contributed by atoms with Crippen LogP contribution >= 0.6 is 0 Å². The van der Waals surface area contributed by atoms with Gasteiger partial charge in [0.15, 0.2) is 0 Å². The standard InChI is InChI=1S/C16H14N2O2/c1-20-16(19)9-15-17-10-14(18-15)13-7-6-11-4-2-3-5-12(11)8-13/h2-8,10H,9H2,1H3,(H,17,18). The summed E-state index contributed by atoms with van der Waals surface area (Å²) in [5.41, 5.74) is 1.95. The zero-order valence-corrected chi connectivity index (χ0v) is 11.1. The first kappa shape index (κ1) is 12.4. The van der Waals surface area contributed by atoms with Gasteiger partial charge in [-0.1, -0.05) is 36.4 Å². The summed E-state index contributed by atoms with van der Waals surface area (Å²) in [6.07, 6.45) is 1.90. The SMILES string of the molecule is COC(=O)Cc1ncc(-c2ccc3ccccc3c2)[nH]1. The van der Waals surface area contributed by atoms with Gasteiger partial charge in [0.25, 0.3) is 0 Å².